The van der Waals surface area contributed by atoms with Crippen molar-refractivity contribution in [2.24, 2.45) is 0 Å². The van der Waals surface area contributed by atoms with E-state index in [1.54, 1.807) is 0 Å². The van der Waals surface area contributed by atoms with E-state index < -0.39 is 0 Å². The standard InChI is InChI=1S/C26H26ClN5OS/c1-19(2)31(22-9-5-3-6-10-22)25(33)18-34-26-30-29-24(32(26)23-11-7-4-8-12-23)17-28-21-15-13-20(27)14-16-21/h3-16,19,28H,17-18H2,1-2H3. The summed E-state index contributed by atoms with van der Waals surface area (Å²) in [4.78, 5) is 15.0. The number of para-hydroxylation sites is 2. The SMILES string of the molecule is CC(C)N(C(=O)CSc1nnc(CNc2ccc(Cl)cc2)n1-c1ccccc1)c1ccccc1. The first-order chi connectivity index (χ1) is 16.5. The van der Waals surface area contributed by atoms with Gasteiger partial charge in [0.05, 0.1) is 12.3 Å². The second-order valence-corrected chi connectivity index (χ2v) is 9.29. The molecule has 0 aliphatic rings. The Morgan fingerprint density at radius 3 is 2.26 bits per heavy atom. The largest absolute Gasteiger partial charge is 0.378 e. The molecule has 0 aliphatic carbocycles. The summed E-state index contributed by atoms with van der Waals surface area (Å²) >= 11 is 7.38. The normalized spacial score (nSPS) is 10.9. The van der Waals surface area contributed by atoms with Crippen molar-refractivity contribution in [3.63, 3.8) is 0 Å². The lowest BCUT2D eigenvalue weighted by Crippen LogP contribution is -2.38. The molecule has 6 nitrogen and oxygen atoms in total. The van der Waals surface area contributed by atoms with Gasteiger partial charge in [-0.3, -0.25) is 9.36 Å². The van der Waals surface area contributed by atoms with Gasteiger partial charge >= 0.3 is 0 Å². The molecule has 174 valence electrons. The second kappa shape index (κ2) is 11.2. The van der Waals surface area contributed by atoms with Crippen molar-refractivity contribution in [2.45, 2.75) is 31.6 Å². The molecule has 1 N–H and O–H groups in total. The Morgan fingerprint density at radius 2 is 1.62 bits per heavy atom. The molecular formula is C26H26ClN5OS. The average molecular weight is 492 g/mol. The van der Waals surface area contributed by atoms with Gasteiger partial charge in [-0.2, -0.15) is 0 Å². The van der Waals surface area contributed by atoms with E-state index >= 15 is 0 Å². The minimum Gasteiger partial charge on any atom is -0.378 e. The van der Waals surface area contributed by atoms with Crippen LogP contribution in [0, 0.1) is 0 Å². The van der Waals surface area contributed by atoms with E-state index in [4.69, 9.17) is 11.6 Å². The lowest BCUT2D eigenvalue weighted by atomic mass is 10.2. The van der Waals surface area contributed by atoms with E-state index in [-0.39, 0.29) is 17.7 Å². The predicted molar refractivity (Wildman–Crippen MR) is 140 cm³/mol. The number of amides is 1. The van der Waals surface area contributed by atoms with Gasteiger partial charge in [0.1, 0.15) is 0 Å². The quantitative estimate of drug-likeness (QED) is 0.288. The van der Waals surface area contributed by atoms with Crippen molar-refractivity contribution in [2.75, 3.05) is 16.0 Å². The first kappa shape index (κ1) is 23.9. The summed E-state index contributed by atoms with van der Waals surface area (Å²) in [6, 6.07) is 27.2. The number of thioether (sulfide) groups is 1. The molecule has 3 aromatic carbocycles. The Hall–Kier alpha value is -3.29. The fraction of sp³-hybridized carbons (Fsp3) is 0.192. The first-order valence-electron chi connectivity index (χ1n) is 11.0. The number of carbonyl (C=O) groups excluding carboxylic acids is 1. The molecule has 0 spiro atoms. The summed E-state index contributed by atoms with van der Waals surface area (Å²) in [5.74, 6) is 1.03. The molecule has 1 amide bonds. The molecule has 4 aromatic rings. The molecule has 1 heterocycles. The minimum absolute atomic E-state index is 0.0228. The van der Waals surface area contributed by atoms with Gasteiger partial charge in [0.15, 0.2) is 11.0 Å². The fourth-order valence-electron chi connectivity index (χ4n) is 3.61. The summed E-state index contributed by atoms with van der Waals surface area (Å²) in [6.07, 6.45) is 0. The maximum Gasteiger partial charge on any atom is 0.237 e. The highest BCUT2D eigenvalue weighted by atomic mass is 35.5. The van der Waals surface area contributed by atoms with Crippen LogP contribution < -0.4 is 10.2 Å². The lowest BCUT2D eigenvalue weighted by molar-refractivity contribution is -0.116. The number of nitrogens with zero attached hydrogens (tertiary/aromatic N) is 4. The van der Waals surface area contributed by atoms with Crippen LogP contribution >= 0.6 is 23.4 Å². The molecule has 0 aliphatic heterocycles. The second-order valence-electron chi connectivity index (χ2n) is 7.91. The van der Waals surface area contributed by atoms with Crippen molar-refractivity contribution in [3.05, 3.63) is 95.8 Å². The van der Waals surface area contributed by atoms with Crippen LogP contribution in [0.5, 0.6) is 0 Å². The maximum absolute atomic E-state index is 13.2. The van der Waals surface area contributed by atoms with Crippen LogP contribution in [0.25, 0.3) is 5.69 Å². The number of hydrogen-bond acceptors (Lipinski definition) is 5. The van der Waals surface area contributed by atoms with Crippen LogP contribution in [0.4, 0.5) is 11.4 Å². The molecular weight excluding hydrogens is 466 g/mol. The number of rotatable bonds is 9. The van der Waals surface area contributed by atoms with Crippen LogP contribution in [0.3, 0.4) is 0 Å². The molecule has 0 fully saturated rings. The highest BCUT2D eigenvalue weighted by molar-refractivity contribution is 7.99. The summed E-state index contributed by atoms with van der Waals surface area (Å²) < 4.78 is 1.99. The van der Waals surface area contributed by atoms with Gasteiger partial charge in [-0.15, -0.1) is 10.2 Å². The Labute approximate surface area is 209 Å². The van der Waals surface area contributed by atoms with Gasteiger partial charge in [0.25, 0.3) is 0 Å². The van der Waals surface area contributed by atoms with Gasteiger partial charge in [-0.25, -0.2) is 0 Å². The number of anilines is 2. The van der Waals surface area contributed by atoms with Gasteiger partial charge in [0, 0.05) is 28.1 Å². The zero-order valence-corrected chi connectivity index (χ0v) is 20.6. The molecule has 0 atom stereocenters. The average Bonchev–Trinajstić information content (AvgIpc) is 3.26. The van der Waals surface area contributed by atoms with Crippen LogP contribution in [0.15, 0.2) is 90.1 Å². The third kappa shape index (κ3) is 5.79. The molecule has 0 unspecified atom stereocenters. The molecule has 1 aromatic heterocycles. The Morgan fingerprint density at radius 1 is 0.971 bits per heavy atom. The van der Waals surface area contributed by atoms with Crippen LogP contribution in [-0.4, -0.2) is 32.5 Å². The molecule has 0 radical (unpaired) electrons. The van der Waals surface area contributed by atoms with Gasteiger partial charge in [-0.1, -0.05) is 59.8 Å². The number of aromatic nitrogens is 3. The smallest absolute Gasteiger partial charge is 0.237 e. The predicted octanol–water partition coefficient (Wildman–Crippen LogP) is 6.07. The first-order valence-corrected chi connectivity index (χ1v) is 12.4. The monoisotopic (exact) mass is 491 g/mol. The summed E-state index contributed by atoms with van der Waals surface area (Å²) in [5, 5.41) is 13.6. The lowest BCUT2D eigenvalue weighted by Gasteiger charge is -2.26. The van der Waals surface area contributed by atoms with E-state index in [1.807, 2.05) is 108 Å². The molecule has 0 bridgehead atoms. The molecule has 0 saturated carbocycles. The number of carbonyl (C=O) groups is 1. The zero-order valence-electron chi connectivity index (χ0n) is 19.1. The number of nitrogens with one attached hydrogen (secondary N) is 1. The molecule has 4 rings (SSSR count). The van der Waals surface area contributed by atoms with Crippen molar-refractivity contribution < 1.29 is 4.79 Å². The molecule has 8 heteroatoms. The van der Waals surface area contributed by atoms with E-state index in [0.717, 1.165) is 22.9 Å². The Bertz CT molecular complexity index is 1210. The summed E-state index contributed by atoms with van der Waals surface area (Å²) in [6.45, 7) is 4.51. The third-order valence-electron chi connectivity index (χ3n) is 5.15. The maximum atomic E-state index is 13.2. The number of halogens is 1. The fourth-order valence-corrected chi connectivity index (χ4v) is 4.56. The van der Waals surface area contributed by atoms with Gasteiger partial charge < -0.3 is 10.2 Å². The third-order valence-corrected chi connectivity index (χ3v) is 6.32. The summed E-state index contributed by atoms with van der Waals surface area (Å²) in [7, 11) is 0. The van der Waals surface area contributed by atoms with Crippen LogP contribution in [0.1, 0.15) is 19.7 Å². The van der Waals surface area contributed by atoms with Crippen molar-refractivity contribution in [1.82, 2.24) is 14.8 Å². The van der Waals surface area contributed by atoms with Crippen LogP contribution in [-0.2, 0) is 11.3 Å². The van der Waals surface area contributed by atoms with Crippen molar-refractivity contribution in [1.29, 1.82) is 0 Å². The van der Waals surface area contributed by atoms with Crippen molar-refractivity contribution in [3.8, 4) is 5.69 Å². The van der Waals surface area contributed by atoms with Crippen molar-refractivity contribution >= 4 is 40.6 Å². The van der Waals surface area contributed by atoms with E-state index in [2.05, 4.69) is 15.5 Å². The molecule has 34 heavy (non-hydrogen) atoms. The Balaban J connectivity index is 1.54. The van der Waals surface area contributed by atoms with Crippen LogP contribution in [0.2, 0.25) is 5.02 Å². The van der Waals surface area contributed by atoms with E-state index in [9.17, 15) is 4.79 Å². The molecule has 0 saturated heterocycles. The Kier molecular flexibility index (Phi) is 7.87. The van der Waals surface area contributed by atoms with E-state index in [1.165, 1.54) is 11.8 Å². The van der Waals surface area contributed by atoms with Gasteiger partial charge in [0.2, 0.25) is 5.91 Å². The summed E-state index contributed by atoms with van der Waals surface area (Å²) in [5.41, 5.74) is 2.77. The highest BCUT2D eigenvalue weighted by Gasteiger charge is 2.21. The van der Waals surface area contributed by atoms with E-state index in [0.29, 0.717) is 16.7 Å². The topological polar surface area (TPSA) is 63.1 Å². The number of benzene rings is 3. The highest BCUT2D eigenvalue weighted by Crippen LogP contribution is 2.25. The number of hydrogen-bond donors (Lipinski definition) is 1. The minimum atomic E-state index is 0.0228. The van der Waals surface area contributed by atoms with Gasteiger partial charge in [-0.05, 0) is 62.4 Å². The zero-order chi connectivity index (χ0) is 23.9.